The van der Waals surface area contributed by atoms with Gasteiger partial charge in [0.2, 0.25) is 0 Å². The van der Waals surface area contributed by atoms with Gasteiger partial charge in [0.1, 0.15) is 0 Å². The zero-order valence-corrected chi connectivity index (χ0v) is 84.6. The average Bonchev–Trinajstić information content (AvgIpc) is 1.53. The summed E-state index contributed by atoms with van der Waals surface area (Å²) in [6.45, 7) is 0. The first-order valence-electron chi connectivity index (χ1n) is 50.8. The molecule has 21 aromatic rings. The molecule has 0 spiro atoms. The summed E-state index contributed by atoms with van der Waals surface area (Å²) in [6.07, 6.45) is 0. The second-order valence-corrected chi connectivity index (χ2v) is 48.7. The van der Waals surface area contributed by atoms with Gasteiger partial charge in [0.25, 0.3) is 0 Å². The van der Waals surface area contributed by atoms with Gasteiger partial charge in [0.05, 0.1) is 0 Å². The van der Waals surface area contributed by atoms with E-state index in [9.17, 15) is 0 Å². The third-order valence-electron chi connectivity index (χ3n) is 29.3. The molecule has 24 rings (SSSR count). The zero-order chi connectivity index (χ0) is 98.8. The summed E-state index contributed by atoms with van der Waals surface area (Å²) in [4.78, 5) is 2.32. The van der Waals surface area contributed by atoms with Crippen LogP contribution in [0.2, 0.25) is 0 Å². The summed E-state index contributed by atoms with van der Waals surface area (Å²) < 4.78 is 0. The van der Waals surface area contributed by atoms with Gasteiger partial charge in [-0.3, -0.25) is 0 Å². The Balaban J connectivity index is 0.598. The lowest BCUT2D eigenvalue weighted by molar-refractivity contribution is 1.28. The van der Waals surface area contributed by atoms with Gasteiger partial charge in [0, 0.05) is 50.4 Å². The third kappa shape index (κ3) is 17.1. The standard InChI is InChI=1S/C144H99NSi3/c1-16-46-112(47-17-1)133-134(113-48-18-2-19-49-113)140(119-60-30-8-31-61-119)146(127-70-40-13-41-71-127,139(133)118-58-28-7-29-59-118)130-100-88-109(89-101-130)79-76-106-82-94-124(95-83-106)145(125-96-84-107(85-97-125)77-80-110-90-102-131(103-91-110)147(128-72-42-14-43-73-128)141(120-62-32-9-33-63-120)135(114-50-20-3-21-51-114)136(115-52-22-4-23-53-115)142(147)121-64-34-10-35-65-121)126-98-86-108(87-99-126)78-81-111-92-104-132(105-93-111)148(129-74-44-15-45-75-129)143(122-66-36-11-37-67-122)137(116-54-24-5-25-55-116)138(117-56-26-6-27-57-117)144(148)123-68-38-12-39-69-123/h1-75,82-105H. The van der Waals surface area contributed by atoms with Crippen molar-refractivity contribution in [3.8, 4) is 35.5 Å². The van der Waals surface area contributed by atoms with Crippen LogP contribution in [0.15, 0.2) is 601 Å². The Morgan fingerprint density at radius 2 is 0.223 bits per heavy atom. The summed E-state index contributed by atoms with van der Waals surface area (Å²) in [5.41, 5.74) is 30.4. The molecule has 0 aliphatic carbocycles. The van der Waals surface area contributed by atoms with Crippen molar-refractivity contribution in [2.45, 2.75) is 0 Å². The van der Waals surface area contributed by atoms with Crippen molar-refractivity contribution in [3.05, 3.63) is 701 Å². The third-order valence-corrected chi connectivity index (χ3v) is 44.2. The number of rotatable bonds is 21. The van der Waals surface area contributed by atoms with E-state index in [0.717, 1.165) is 50.4 Å². The maximum absolute atomic E-state index is 3.66. The minimum absolute atomic E-state index is 0.895. The van der Waals surface area contributed by atoms with Crippen LogP contribution in [0.25, 0.3) is 64.6 Å². The summed E-state index contributed by atoms with van der Waals surface area (Å²) in [6, 6.07) is 221. The fourth-order valence-corrected chi connectivity index (χ4v) is 39.8. The molecule has 21 aromatic carbocycles. The van der Waals surface area contributed by atoms with Crippen LogP contribution in [0.4, 0.5) is 17.1 Å². The van der Waals surface area contributed by atoms with Crippen molar-refractivity contribution >= 4 is 137 Å². The molecular formula is C144H99NSi3. The van der Waals surface area contributed by atoms with Crippen molar-refractivity contribution in [2.75, 3.05) is 4.90 Å². The van der Waals surface area contributed by atoms with Crippen LogP contribution >= 0.6 is 0 Å². The maximum atomic E-state index is 3.66. The van der Waals surface area contributed by atoms with Crippen molar-refractivity contribution < 1.29 is 0 Å². The van der Waals surface area contributed by atoms with Crippen LogP contribution in [-0.4, -0.2) is 24.2 Å². The first kappa shape index (κ1) is 91.7. The van der Waals surface area contributed by atoms with E-state index in [4.69, 9.17) is 0 Å². The molecule has 0 N–H and O–H groups in total. The number of anilines is 3. The molecule has 0 bridgehead atoms. The first-order chi connectivity index (χ1) is 73.5. The quantitative estimate of drug-likeness (QED) is 0.0512. The Bertz CT molecular complexity index is 7680. The summed E-state index contributed by atoms with van der Waals surface area (Å²) in [5.74, 6) is 21.9. The molecule has 0 saturated heterocycles. The molecule has 0 atom stereocenters. The Morgan fingerprint density at radius 1 is 0.108 bits per heavy atom. The number of benzene rings is 21. The van der Waals surface area contributed by atoms with E-state index in [0.29, 0.717) is 0 Å². The number of nitrogens with zero attached hydrogens (tertiary/aromatic N) is 1. The average molecular weight is 1930 g/mol. The van der Waals surface area contributed by atoms with Gasteiger partial charge in [-0.15, -0.1) is 0 Å². The van der Waals surface area contributed by atoms with E-state index < -0.39 is 24.2 Å². The predicted octanol–water partition coefficient (Wildman–Crippen LogP) is 30.0. The number of allylic oxidation sites excluding steroid dienone is 6. The zero-order valence-electron chi connectivity index (χ0n) is 81.6. The van der Waals surface area contributed by atoms with E-state index >= 15 is 0 Å². The highest BCUT2D eigenvalue weighted by Gasteiger charge is 2.57. The van der Waals surface area contributed by atoms with Crippen LogP contribution < -0.4 is 36.0 Å². The van der Waals surface area contributed by atoms with Gasteiger partial charge in [-0.25, -0.2) is 0 Å². The van der Waals surface area contributed by atoms with Gasteiger partial charge in [-0.05, 0) is 272 Å². The molecule has 0 unspecified atom stereocenters. The fourth-order valence-electron chi connectivity index (χ4n) is 23.1. The smallest absolute Gasteiger partial charge is 0.182 e. The Labute approximate surface area is 871 Å². The van der Waals surface area contributed by atoms with Crippen LogP contribution in [0, 0.1) is 35.5 Å². The van der Waals surface area contributed by atoms with Gasteiger partial charge >= 0.3 is 0 Å². The molecule has 3 aliphatic heterocycles. The Morgan fingerprint density at radius 3 is 0.365 bits per heavy atom. The van der Waals surface area contributed by atoms with Crippen LogP contribution in [0.5, 0.6) is 0 Å². The molecular weight excluding hydrogens is 1830 g/mol. The Hall–Kier alpha value is -18.8. The summed E-state index contributed by atoms with van der Waals surface area (Å²) >= 11 is 0. The SMILES string of the molecule is C(#Cc1ccc([Si]2(c3ccccc3)C(c3ccccc3)=C(c3ccccc3)C(c3ccccc3)=C2c2ccccc2)cc1)c1ccc(N(c2ccc(C#Cc3ccc([Si]4(c5ccccc5)C(c5ccccc5)=C(c5ccccc5)C(c5ccccc5)=C4c4ccccc4)cc3)cc2)c2ccc(C#Cc3ccc([Si]4(c5ccccc5)C(c5ccccc5)=C(c5ccccc5)C(c5ccccc5)=C4c4ccccc4)cc3)cc2)cc1. The lowest BCUT2D eigenvalue weighted by Crippen LogP contribution is -2.59. The highest BCUT2D eigenvalue weighted by molar-refractivity contribution is 7.31. The molecule has 0 aromatic heterocycles. The summed E-state index contributed by atoms with van der Waals surface area (Å²) in [5, 5.41) is 16.0. The number of hydrogen-bond acceptors (Lipinski definition) is 1. The molecule has 0 amide bonds. The Kier molecular flexibility index (Phi) is 25.6. The molecule has 0 radical (unpaired) electrons. The highest BCUT2D eigenvalue weighted by Crippen LogP contribution is 2.60. The normalized spacial score (nSPS) is 13.8. The molecule has 4 heteroatoms. The van der Waals surface area contributed by atoms with Crippen LogP contribution in [0.1, 0.15) is 100 Å². The van der Waals surface area contributed by atoms with Gasteiger partial charge < -0.3 is 4.90 Å². The monoisotopic (exact) mass is 1930 g/mol. The van der Waals surface area contributed by atoms with Crippen molar-refractivity contribution in [2.24, 2.45) is 0 Å². The predicted molar refractivity (Wildman–Crippen MR) is 631 cm³/mol. The minimum Gasteiger partial charge on any atom is -0.311 e. The molecule has 0 fully saturated rings. The molecule has 0 saturated carbocycles. The lowest BCUT2D eigenvalue weighted by atomic mass is 9.89. The topological polar surface area (TPSA) is 3.24 Å². The second-order valence-electron chi connectivity index (χ2n) is 37.7. The van der Waals surface area contributed by atoms with Crippen LogP contribution in [0.3, 0.4) is 0 Å². The fraction of sp³-hybridized carbons (Fsp3) is 0. The molecule has 692 valence electrons. The van der Waals surface area contributed by atoms with Crippen LogP contribution in [-0.2, 0) is 0 Å². The molecule has 1 nitrogen and oxygen atoms in total. The van der Waals surface area contributed by atoms with Crippen molar-refractivity contribution in [1.29, 1.82) is 0 Å². The van der Waals surface area contributed by atoms with Gasteiger partial charge in [-0.2, -0.15) is 0 Å². The minimum atomic E-state index is -3.27. The largest absolute Gasteiger partial charge is 0.311 e. The summed E-state index contributed by atoms with van der Waals surface area (Å²) in [7, 11) is -9.80. The van der Waals surface area contributed by atoms with E-state index in [1.54, 1.807) is 0 Å². The van der Waals surface area contributed by atoms with E-state index in [-0.39, 0.29) is 0 Å². The van der Waals surface area contributed by atoms with Gasteiger partial charge in [0.15, 0.2) is 24.2 Å². The number of hydrogen-bond donors (Lipinski definition) is 0. The second kappa shape index (κ2) is 41.3. The molecule has 148 heavy (non-hydrogen) atoms. The molecule has 3 heterocycles. The van der Waals surface area contributed by atoms with Gasteiger partial charge in [-0.1, -0.05) is 527 Å². The van der Waals surface area contributed by atoms with Crippen molar-refractivity contribution in [3.63, 3.8) is 0 Å². The molecule has 3 aliphatic rings. The lowest BCUT2D eigenvalue weighted by Gasteiger charge is -2.36. The van der Waals surface area contributed by atoms with E-state index in [2.05, 4.69) is 641 Å². The first-order valence-corrected chi connectivity index (χ1v) is 56.8. The van der Waals surface area contributed by atoms with E-state index in [1.165, 1.54) is 162 Å². The highest BCUT2D eigenvalue weighted by atomic mass is 28.3. The van der Waals surface area contributed by atoms with Crippen molar-refractivity contribution in [1.82, 2.24) is 0 Å². The van der Waals surface area contributed by atoms with E-state index in [1.807, 2.05) is 0 Å². The maximum Gasteiger partial charge on any atom is 0.182 e.